The van der Waals surface area contributed by atoms with Crippen LogP contribution in [0.2, 0.25) is 0 Å². The second-order valence-electron chi connectivity index (χ2n) is 8.88. The average Bonchev–Trinajstić information content (AvgIpc) is 2.53. The minimum Gasteiger partial charge on any atom is -0.493 e. The number of nitrogens with zero attached hydrogens (tertiary/aromatic N) is 1. The molecule has 0 bridgehead atoms. The fourth-order valence-electron chi connectivity index (χ4n) is 3.66. The van der Waals surface area contributed by atoms with Gasteiger partial charge in [-0.3, -0.25) is 0 Å². The van der Waals surface area contributed by atoms with Crippen molar-refractivity contribution in [2.24, 2.45) is 11.8 Å². The standard InChI is InChI=1S/C21H35NO3S/c1-7-8-11-25-20-10-9-18(13-19(20)21(4,5)6)26(23,24)22-14-16(2)12-17(3)15-22/h9-10,13,16-17H,7-8,11-12,14-15H2,1-6H3/t16-,17+. The minimum atomic E-state index is -3.47. The third kappa shape index (κ3) is 5.01. The van der Waals surface area contributed by atoms with Crippen LogP contribution in [0.4, 0.5) is 0 Å². The van der Waals surface area contributed by atoms with Gasteiger partial charge < -0.3 is 4.74 Å². The van der Waals surface area contributed by atoms with Crippen LogP contribution in [0.25, 0.3) is 0 Å². The molecule has 0 aliphatic carbocycles. The van der Waals surface area contributed by atoms with Gasteiger partial charge in [-0.05, 0) is 48.3 Å². The lowest BCUT2D eigenvalue weighted by atomic mass is 9.86. The van der Waals surface area contributed by atoms with Crippen LogP contribution in [0, 0.1) is 11.8 Å². The Bertz CT molecular complexity index is 696. The summed E-state index contributed by atoms with van der Waals surface area (Å²) in [5, 5.41) is 0. The number of hydrogen-bond acceptors (Lipinski definition) is 3. The van der Waals surface area contributed by atoms with Crippen LogP contribution in [0.1, 0.15) is 66.4 Å². The zero-order valence-corrected chi connectivity index (χ0v) is 18.0. The molecule has 1 aliphatic rings. The highest BCUT2D eigenvalue weighted by Gasteiger charge is 2.33. The van der Waals surface area contributed by atoms with Crippen molar-refractivity contribution >= 4 is 10.0 Å². The van der Waals surface area contributed by atoms with Crippen molar-refractivity contribution in [1.82, 2.24) is 4.31 Å². The minimum absolute atomic E-state index is 0.185. The molecule has 5 heteroatoms. The van der Waals surface area contributed by atoms with Crippen LogP contribution < -0.4 is 4.74 Å². The van der Waals surface area contributed by atoms with Crippen LogP contribution in [-0.2, 0) is 15.4 Å². The summed E-state index contributed by atoms with van der Waals surface area (Å²) in [7, 11) is -3.47. The number of rotatable bonds is 6. The summed E-state index contributed by atoms with van der Waals surface area (Å²) in [5.74, 6) is 1.59. The number of ether oxygens (including phenoxy) is 1. The Balaban J connectivity index is 2.36. The van der Waals surface area contributed by atoms with Crippen molar-refractivity contribution in [1.29, 1.82) is 0 Å². The molecule has 0 N–H and O–H groups in total. The summed E-state index contributed by atoms with van der Waals surface area (Å²) in [6.45, 7) is 14.5. The van der Waals surface area contributed by atoms with Gasteiger partial charge in [0, 0.05) is 18.7 Å². The molecule has 1 heterocycles. The summed E-state index contributed by atoms with van der Waals surface area (Å²) in [4.78, 5) is 0.381. The van der Waals surface area contributed by atoms with E-state index in [9.17, 15) is 8.42 Å². The highest BCUT2D eigenvalue weighted by Crippen LogP contribution is 2.35. The Kier molecular flexibility index (Phi) is 6.78. The normalized spacial score (nSPS) is 22.4. The first-order chi connectivity index (χ1) is 12.1. The molecular weight excluding hydrogens is 346 g/mol. The summed E-state index contributed by atoms with van der Waals surface area (Å²) >= 11 is 0. The Labute approximate surface area is 160 Å². The quantitative estimate of drug-likeness (QED) is 0.663. The summed E-state index contributed by atoms with van der Waals surface area (Å²) in [6, 6.07) is 5.36. The van der Waals surface area contributed by atoms with Crippen molar-refractivity contribution < 1.29 is 13.2 Å². The predicted octanol–water partition coefficient (Wildman–Crippen LogP) is 4.83. The lowest BCUT2D eigenvalue weighted by molar-refractivity contribution is 0.222. The molecule has 0 radical (unpaired) electrons. The molecule has 26 heavy (non-hydrogen) atoms. The summed E-state index contributed by atoms with van der Waals surface area (Å²) in [5.41, 5.74) is 0.767. The van der Waals surface area contributed by atoms with E-state index in [2.05, 4.69) is 41.5 Å². The highest BCUT2D eigenvalue weighted by atomic mass is 32.2. The Morgan fingerprint density at radius 2 is 1.77 bits per heavy atom. The van der Waals surface area contributed by atoms with E-state index in [0.29, 0.717) is 36.4 Å². The third-order valence-corrected chi connectivity index (χ3v) is 6.82. The van der Waals surface area contributed by atoms with Gasteiger partial charge in [-0.25, -0.2) is 8.42 Å². The molecule has 1 fully saturated rings. The van der Waals surface area contributed by atoms with Gasteiger partial charge in [-0.2, -0.15) is 4.31 Å². The second-order valence-corrected chi connectivity index (χ2v) is 10.8. The number of unbranched alkanes of at least 4 members (excludes halogenated alkanes) is 1. The van der Waals surface area contributed by atoms with E-state index in [-0.39, 0.29) is 5.41 Å². The van der Waals surface area contributed by atoms with E-state index in [0.717, 1.165) is 30.6 Å². The fourth-order valence-corrected chi connectivity index (χ4v) is 5.37. The van der Waals surface area contributed by atoms with E-state index < -0.39 is 10.0 Å². The molecule has 1 aliphatic heterocycles. The van der Waals surface area contributed by atoms with Gasteiger partial charge >= 0.3 is 0 Å². The molecule has 1 saturated heterocycles. The zero-order chi connectivity index (χ0) is 19.5. The maximum atomic E-state index is 13.2. The zero-order valence-electron chi connectivity index (χ0n) is 17.2. The molecule has 1 aromatic carbocycles. The van der Waals surface area contributed by atoms with E-state index in [1.54, 1.807) is 10.4 Å². The Morgan fingerprint density at radius 1 is 1.15 bits per heavy atom. The van der Waals surface area contributed by atoms with Gasteiger partial charge in [0.1, 0.15) is 5.75 Å². The van der Waals surface area contributed by atoms with Crippen LogP contribution >= 0.6 is 0 Å². The van der Waals surface area contributed by atoms with Crippen LogP contribution in [0.5, 0.6) is 5.75 Å². The van der Waals surface area contributed by atoms with Crippen molar-refractivity contribution in [3.05, 3.63) is 23.8 Å². The maximum absolute atomic E-state index is 13.2. The molecule has 0 spiro atoms. The first-order valence-electron chi connectivity index (χ1n) is 9.83. The average molecular weight is 382 g/mol. The maximum Gasteiger partial charge on any atom is 0.243 e. The lowest BCUT2D eigenvalue weighted by Gasteiger charge is -2.34. The smallest absolute Gasteiger partial charge is 0.243 e. The first-order valence-corrected chi connectivity index (χ1v) is 11.3. The van der Waals surface area contributed by atoms with Crippen LogP contribution in [0.3, 0.4) is 0 Å². The molecule has 2 rings (SSSR count). The van der Waals surface area contributed by atoms with Gasteiger partial charge in [0.25, 0.3) is 0 Å². The van der Waals surface area contributed by atoms with E-state index in [1.807, 2.05) is 12.1 Å². The Morgan fingerprint density at radius 3 is 2.31 bits per heavy atom. The molecule has 0 unspecified atom stereocenters. The number of piperidine rings is 1. The molecule has 0 amide bonds. The monoisotopic (exact) mass is 381 g/mol. The molecule has 1 aromatic rings. The third-order valence-electron chi connectivity index (χ3n) is 4.99. The van der Waals surface area contributed by atoms with E-state index >= 15 is 0 Å². The SMILES string of the molecule is CCCCOc1ccc(S(=O)(=O)N2C[C@H](C)C[C@H](C)C2)cc1C(C)(C)C. The molecule has 0 aromatic heterocycles. The van der Waals surface area contributed by atoms with Crippen LogP contribution in [-0.4, -0.2) is 32.4 Å². The van der Waals surface area contributed by atoms with Crippen LogP contribution in [0.15, 0.2) is 23.1 Å². The summed E-state index contributed by atoms with van der Waals surface area (Å²) in [6.07, 6.45) is 3.15. The van der Waals surface area contributed by atoms with Gasteiger partial charge in [-0.1, -0.05) is 48.0 Å². The van der Waals surface area contributed by atoms with E-state index in [4.69, 9.17) is 4.74 Å². The van der Waals surface area contributed by atoms with E-state index in [1.165, 1.54) is 0 Å². The Hall–Kier alpha value is -1.07. The van der Waals surface area contributed by atoms with Crippen molar-refractivity contribution in [3.63, 3.8) is 0 Å². The lowest BCUT2D eigenvalue weighted by Crippen LogP contribution is -2.42. The summed E-state index contributed by atoms with van der Waals surface area (Å²) < 4.78 is 34.0. The van der Waals surface area contributed by atoms with Crippen molar-refractivity contribution in [3.8, 4) is 5.75 Å². The van der Waals surface area contributed by atoms with Gasteiger partial charge in [0.15, 0.2) is 0 Å². The number of benzene rings is 1. The molecule has 0 saturated carbocycles. The number of hydrogen-bond donors (Lipinski definition) is 0. The molecular formula is C21H35NO3S. The van der Waals surface area contributed by atoms with Crippen molar-refractivity contribution in [2.45, 2.75) is 71.1 Å². The number of sulfonamides is 1. The fraction of sp³-hybridized carbons (Fsp3) is 0.714. The molecule has 2 atom stereocenters. The predicted molar refractivity (Wildman–Crippen MR) is 107 cm³/mol. The second kappa shape index (κ2) is 8.30. The molecule has 148 valence electrons. The van der Waals surface area contributed by atoms with Crippen molar-refractivity contribution in [2.75, 3.05) is 19.7 Å². The van der Waals surface area contributed by atoms with Gasteiger partial charge in [0.05, 0.1) is 11.5 Å². The van der Waals surface area contributed by atoms with Gasteiger partial charge in [0.2, 0.25) is 10.0 Å². The topological polar surface area (TPSA) is 46.6 Å². The first kappa shape index (κ1) is 21.2. The molecule has 4 nitrogen and oxygen atoms in total. The highest BCUT2D eigenvalue weighted by molar-refractivity contribution is 7.89. The largest absolute Gasteiger partial charge is 0.493 e. The van der Waals surface area contributed by atoms with Gasteiger partial charge in [-0.15, -0.1) is 0 Å².